The second-order valence-corrected chi connectivity index (χ2v) is 5.10. The molecule has 2 aliphatic rings. The second kappa shape index (κ2) is 4.72. The van der Waals surface area contributed by atoms with Gasteiger partial charge in [-0.25, -0.2) is 0 Å². The van der Waals surface area contributed by atoms with Crippen molar-refractivity contribution in [1.82, 2.24) is 10.2 Å². The number of hydrogen-bond donors (Lipinski definition) is 1. The molecule has 1 spiro atoms. The highest BCUT2D eigenvalue weighted by Crippen LogP contribution is 2.41. The van der Waals surface area contributed by atoms with E-state index in [1.54, 1.807) is 0 Å². The maximum Gasteiger partial charge on any atom is 0.310 e. The molecule has 1 N–H and O–H groups in total. The molecule has 2 rings (SSSR count). The molecule has 1 atom stereocenters. The third kappa shape index (κ3) is 2.09. The Balaban J connectivity index is 2.04. The molecule has 0 aromatic heterocycles. The van der Waals surface area contributed by atoms with Crippen LogP contribution in [0.2, 0.25) is 0 Å². The van der Waals surface area contributed by atoms with Crippen LogP contribution in [0.4, 0.5) is 0 Å². The van der Waals surface area contributed by atoms with Crippen molar-refractivity contribution in [3.05, 3.63) is 0 Å². The first-order valence-electron chi connectivity index (χ1n) is 6.24. The van der Waals surface area contributed by atoms with E-state index in [1.807, 2.05) is 6.92 Å². The van der Waals surface area contributed by atoms with E-state index in [9.17, 15) is 4.79 Å². The summed E-state index contributed by atoms with van der Waals surface area (Å²) in [4.78, 5) is 14.3. The van der Waals surface area contributed by atoms with Crippen molar-refractivity contribution in [3.8, 4) is 0 Å². The van der Waals surface area contributed by atoms with Gasteiger partial charge in [-0.2, -0.15) is 0 Å². The fraction of sp³-hybridized carbons (Fsp3) is 0.917. The topological polar surface area (TPSA) is 41.6 Å². The van der Waals surface area contributed by atoms with E-state index < -0.39 is 0 Å². The maximum absolute atomic E-state index is 11.9. The number of esters is 1. The summed E-state index contributed by atoms with van der Waals surface area (Å²) in [6.07, 6.45) is 2.22. The van der Waals surface area contributed by atoms with Crippen LogP contribution >= 0.6 is 0 Å². The summed E-state index contributed by atoms with van der Waals surface area (Å²) >= 11 is 0. The lowest BCUT2D eigenvalue weighted by Gasteiger charge is -2.40. The predicted octanol–water partition coefficient (Wildman–Crippen LogP) is 0.481. The van der Waals surface area contributed by atoms with Crippen LogP contribution in [0.3, 0.4) is 0 Å². The Bertz CT molecular complexity index is 260. The molecular weight excluding hydrogens is 204 g/mol. The predicted molar refractivity (Wildman–Crippen MR) is 62.2 cm³/mol. The van der Waals surface area contributed by atoms with Crippen molar-refractivity contribution in [2.45, 2.75) is 19.8 Å². The van der Waals surface area contributed by atoms with Crippen LogP contribution in [0, 0.1) is 11.3 Å². The Morgan fingerprint density at radius 3 is 2.81 bits per heavy atom. The van der Waals surface area contributed by atoms with Gasteiger partial charge < -0.3 is 15.0 Å². The number of hydrogen-bond acceptors (Lipinski definition) is 4. The summed E-state index contributed by atoms with van der Waals surface area (Å²) in [5, 5.41) is 3.37. The van der Waals surface area contributed by atoms with Gasteiger partial charge >= 0.3 is 5.97 Å². The van der Waals surface area contributed by atoms with Crippen molar-refractivity contribution < 1.29 is 9.53 Å². The first-order chi connectivity index (χ1) is 7.68. The maximum atomic E-state index is 11.9. The van der Waals surface area contributed by atoms with Crippen LogP contribution in [-0.2, 0) is 9.53 Å². The van der Waals surface area contributed by atoms with Gasteiger partial charge in [0.2, 0.25) is 0 Å². The van der Waals surface area contributed by atoms with E-state index in [2.05, 4.69) is 17.3 Å². The molecule has 0 radical (unpaired) electrons. The molecule has 0 aromatic rings. The molecule has 0 bridgehead atoms. The zero-order valence-corrected chi connectivity index (χ0v) is 10.3. The zero-order valence-electron chi connectivity index (χ0n) is 10.3. The standard InChI is InChI=1S/C12H22N2O2/c1-3-16-11(15)10-8-13-9-12(10)4-6-14(2)7-5-12/h10,13H,3-9H2,1-2H3. The van der Waals surface area contributed by atoms with Crippen molar-refractivity contribution in [2.75, 3.05) is 39.8 Å². The molecule has 16 heavy (non-hydrogen) atoms. The lowest BCUT2D eigenvalue weighted by atomic mass is 9.71. The summed E-state index contributed by atoms with van der Waals surface area (Å²) in [6, 6.07) is 0. The molecule has 0 saturated carbocycles. The average molecular weight is 226 g/mol. The molecule has 0 amide bonds. The average Bonchev–Trinajstić information content (AvgIpc) is 2.67. The van der Waals surface area contributed by atoms with Crippen LogP contribution in [0.5, 0.6) is 0 Å². The van der Waals surface area contributed by atoms with Gasteiger partial charge in [-0.15, -0.1) is 0 Å². The van der Waals surface area contributed by atoms with E-state index in [1.165, 1.54) is 0 Å². The fourth-order valence-electron chi connectivity index (χ4n) is 2.97. The van der Waals surface area contributed by atoms with Crippen LogP contribution in [0.15, 0.2) is 0 Å². The van der Waals surface area contributed by atoms with Crippen LogP contribution < -0.4 is 5.32 Å². The number of ether oxygens (including phenoxy) is 1. The molecule has 2 heterocycles. The van der Waals surface area contributed by atoms with E-state index >= 15 is 0 Å². The van der Waals surface area contributed by atoms with Crippen molar-refractivity contribution in [1.29, 1.82) is 0 Å². The van der Waals surface area contributed by atoms with Gasteiger partial charge in [-0.1, -0.05) is 0 Å². The quantitative estimate of drug-likeness (QED) is 0.695. The Kier molecular flexibility index (Phi) is 3.50. The number of likely N-dealkylation sites (tertiary alicyclic amines) is 1. The highest BCUT2D eigenvalue weighted by atomic mass is 16.5. The largest absolute Gasteiger partial charge is 0.466 e. The molecule has 2 fully saturated rings. The lowest BCUT2D eigenvalue weighted by molar-refractivity contribution is -0.152. The third-order valence-electron chi connectivity index (χ3n) is 4.12. The normalized spacial score (nSPS) is 29.5. The van der Waals surface area contributed by atoms with Gasteiger partial charge in [0.1, 0.15) is 0 Å². The van der Waals surface area contributed by atoms with Gasteiger partial charge in [0.25, 0.3) is 0 Å². The number of carbonyl (C=O) groups is 1. The van der Waals surface area contributed by atoms with Crippen LogP contribution in [0.1, 0.15) is 19.8 Å². The smallest absolute Gasteiger partial charge is 0.310 e. The summed E-state index contributed by atoms with van der Waals surface area (Å²) in [7, 11) is 2.15. The van der Waals surface area contributed by atoms with E-state index in [-0.39, 0.29) is 17.3 Å². The molecule has 2 saturated heterocycles. The van der Waals surface area contributed by atoms with Crippen LogP contribution in [0.25, 0.3) is 0 Å². The van der Waals surface area contributed by atoms with Crippen molar-refractivity contribution in [2.24, 2.45) is 11.3 Å². The molecule has 2 aliphatic heterocycles. The molecular formula is C12H22N2O2. The molecule has 0 aromatic carbocycles. The number of carbonyl (C=O) groups excluding carboxylic acids is 1. The van der Waals surface area contributed by atoms with Gasteiger partial charge in [-0.05, 0) is 45.3 Å². The van der Waals surface area contributed by atoms with Gasteiger partial charge in [0.15, 0.2) is 0 Å². The Hall–Kier alpha value is -0.610. The molecule has 4 heteroatoms. The number of rotatable bonds is 2. The second-order valence-electron chi connectivity index (χ2n) is 5.10. The highest BCUT2D eigenvalue weighted by Gasteiger charge is 2.48. The van der Waals surface area contributed by atoms with E-state index in [0.717, 1.165) is 39.0 Å². The molecule has 0 aliphatic carbocycles. The Morgan fingerprint density at radius 1 is 1.50 bits per heavy atom. The lowest BCUT2D eigenvalue weighted by Crippen LogP contribution is -2.45. The van der Waals surface area contributed by atoms with E-state index in [4.69, 9.17) is 4.74 Å². The van der Waals surface area contributed by atoms with Crippen molar-refractivity contribution in [3.63, 3.8) is 0 Å². The molecule has 1 unspecified atom stereocenters. The SMILES string of the molecule is CCOC(=O)C1CNCC12CCN(C)CC2. The summed E-state index contributed by atoms with van der Waals surface area (Å²) < 4.78 is 5.19. The van der Waals surface area contributed by atoms with Gasteiger partial charge in [-0.3, -0.25) is 4.79 Å². The Morgan fingerprint density at radius 2 is 2.19 bits per heavy atom. The summed E-state index contributed by atoms with van der Waals surface area (Å²) in [6.45, 7) is 6.33. The van der Waals surface area contributed by atoms with E-state index in [0.29, 0.717) is 6.61 Å². The molecule has 92 valence electrons. The minimum Gasteiger partial charge on any atom is -0.466 e. The monoisotopic (exact) mass is 226 g/mol. The summed E-state index contributed by atoms with van der Waals surface area (Å²) in [5.41, 5.74) is 0.165. The fourth-order valence-corrected chi connectivity index (χ4v) is 2.97. The van der Waals surface area contributed by atoms with Gasteiger partial charge in [0, 0.05) is 13.1 Å². The number of nitrogens with one attached hydrogen (secondary N) is 1. The highest BCUT2D eigenvalue weighted by molar-refractivity contribution is 5.74. The first kappa shape index (κ1) is 11.9. The summed E-state index contributed by atoms with van der Waals surface area (Å²) in [5.74, 6) is 0.0678. The first-order valence-corrected chi connectivity index (χ1v) is 6.24. The van der Waals surface area contributed by atoms with Crippen molar-refractivity contribution >= 4 is 5.97 Å². The minimum absolute atomic E-state index is 0.00273. The number of piperidine rings is 1. The van der Waals surface area contributed by atoms with Gasteiger partial charge in [0.05, 0.1) is 12.5 Å². The zero-order chi connectivity index (χ0) is 11.6. The minimum atomic E-state index is -0.00273. The number of nitrogens with zero attached hydrogens (tertiary/aromatic N) is 1. The Labute approximate surface area is 97.3 Å². The van der Waals surface area contributed by atoms with Crippen LogP contribution in [-0.4, -0.2) is 50.7 Å². The molecule has 4 nitrogen and oxygen atoms in total. The third-order valence-corrected chi connectivity index (χ3v) is 4.12.